The number of aliphatic hydroxyl groups excluding tert-OH is 1. The molecule has 0 aromatic carbocycles. The summed E-state index contributed by atoms with van der Waals surface area (Å²) in [5, 5.41) is 18.8. The minimum Gasteiger partial charge on any atom is -0.513 e. The lowest BCUT2D eigenvalue weighted by Gasteiger charge is -2.25. The van der Waals surface area contributed by atoms with Crippen LogP contribution in [-0.2, 0) is 0 Å². The summed E-state index contributed by atoms with van der Waals surface area (Å²) in [6, 6.07) is 0. The van der Waals surface area contributed by atoms with Crippen molar-refractivity contribution in [2.45, 2.75) is 38.2 Å². The van der Waals surface area contributed by atoms with Crippen molar-refractivity contribution in [3.05, 3.63) is 25.0 Å². The van der Waals surface area contributed by atoms with Gasteiger partial charge in [-0.3, -0.25) is 0 Å². The highest BCUT2D eigenvalue weighted by atomic mass is 16.3. The molecule has 1 atom stereocenters. The minimum atomic E-state index is -0.845. The van der Waals surface area contributed by atoms with Gasteiger partial charge in [-0.05, 0) is 12.8 Å². The van der Waals surface area contributed by atoms with E-state index in [4.69, 9.17) is 5.11 Å². The van der Waals surface area contributed by atoms with Crippen LogP contribution in [0, 0.1) is 0 Å². The van der Waals surface area contributed by atoms with E-state index >= 15 is 0 Å². The van der Waals surface area contributed by atoms with Crippen LogP contribution in [0.1, 0.15) is 32.6 Å². The van der Waals surface area contributed by atoms with Gasteiger partial charge >= 0.3 is 0 Å². The molecule has 0 amide bonds. The van der Waals surface area contributed by atoms with Crippen molar-refractivity contribution in [3.63, 3.8) is 0 Å². The van der Waals surface area contributed by atoms with Gasteiger partial charge in [-0.2, -0.15) is 0 Å². The van der Waals surface area contributed by atoms with Crippen molar-refractivity contribution in [1.29, 1.82) is 0 Å². The van der Waals surface area contributed by atoms with Gasteiger partial charge in [0, 0.05) is 6.42 Å². The molecule has 2 N–H and O–H groups in total. The molecule has 70 valence electrons. The van der Waals surface area contributed by atoms with E-state index in [0.717, 1.165) is 6.42 Å². The first-order chi connectivity index (χ1) is 5.54. The molecule has 12 heavy (non-hydrogen) atoms. The Kier molecular flexibility index (Phi) is 4.67. The largest absolute Gasteiger partial charge is 0.513 e. The highest BCUT2D eigenvalue weighted by molar-refractivity contribution is 4.95. The van der Waals surface area contributed by atoms with Crippen molar-refractivity contribution < 1.29 is 10.2 Å². The lowest BCUT2D eigenvalue weighted by atomic mass is 9.90. The minimum absolute atomic E-state index is 0.0350. The molecule has 0 aliphatic heterocycles. The maximum atomic E-state index is 9.89. The lowest BCUT2D eigenvalue weighted by Crippen LogP contribution is -2.28. The standard InChI is InChI=1S/C10H18O2/c1-4-6-10(12,7-5-2)8-9(3)11/h4,11-12H,1,3,5-8H2,2H3. The van der Waals surface area contributed by atoms with Crippen molar-refractivity contribution in [2.24, 2.45) is 0 Å². The molecule has 1 unspecified atom stereocenters. The van der Waals surface area contributed by atoms with Gasteiger partial charge in [0.05, 0.1) is 11.4 Å². The SMILES string of the molecule is C=CCC(O)(CCC)CC(=C)O. The first-order valence-electron chi connectivity index (χ1n) is 4.24. The molecule has 0 radical (unpaired) electrons. The molecule has 0 spiro atoms. The van der Waals surface area contributed by atoms with Crippen LogP contribution in [0.15, 0.2) is 25.0 Å². The lowest BCUT2D eigenvalue weighted by molar-refractivity contribution is 0.0248. The van der Waals surface area contributed by atoms with Crippen molar-refractivity contribution >= 4 is 0 Å². The van der Waals surface area contributed by atoms with Crippen molar-refractivity contribution in [1.82, 2.24) is 0 Å². The molecule has 0 fully saturated rings. The highest BCUT2D eigenvalue weighted by Crippen LogP contribution is 2.24. The molecule has 0 saturated carbocycles. The van der Waals surface area contributed by atoms with Gasteiger partial charge in [0.1, 0.15) is 0 Å². The number of hydrogen-bond acceptors (Lipinski definition) is 2. The maximum absolute atomic E-state index is 9.89. The normalized spacial score (nSPS) is 15.2. The Morgan fingerprint density at radius 1 is 1.58 bits per heavy atom. The second kappa shape index (κ2) is 4.99. The molecule has 0 aromatic rings. The van der Waals surface area contributed by atoms with Crippen LogP contribution in [0.5, 0.6) is 0 Å². The topological polar surface area (TPSA) is 40.5 Å². The first kappa shape index (κ1) is 11.2. The van der Waals surface area contributed by atoms with Crippen LogP contribution in [-0.4, -0.2) is 15.8 Å². The van der Waals surface area contributed by atoms with Gasteiger partial charge in [0.15, 0.2) is 0 Å². The average molecular weight is 170 g/mol. The van der Waals surface area contributed by atoms with E-state index in [1.165, 1.54) is 0 Å². The van der Waals surface area contributed by atoms with E-state index < -0.39 is 5.60 Å². The molecular weight excluding hydrogens is 152 g/mol. The average Bonchev–Trinajstić information content (AvgIpc) is 1.85. The Hall–Kier alpha value is -0.760. The summed E-state index contributed by atoms with van der Waals surface area (Å²) in [6.45, 7) is 8.92. The summed E-state index contributed by atoms with van der Waals surface area (Å²) in [5.41, 5.74) is -0.845. The van der Waals surface area contributed by atoms with Gasteiger partial charge in [0.2, 0.25) is 0 Å². The zero-order chi connectivity index (χ0) is 9.61. The van der Waals surface area contributed by atoms with Crippen LogP contribution >= 0.6 is 0 Å². The zero-order valence-electron chi connectivity index (χ0n) is 7.71. The molecule has 0 rings (SSSR count). The fraction of sp³-hybridized carbons (Fsp3) is 0.600. The molecule has 0 aromatic heterocycles. The Bertz CT molecular complexity index is 163. The van der Waals surface area contributed by atoms with Crippen molar-refractivity contribution in [3.8, 4) is 0 Å². The fourth-order valence-electron chi connectivity index (χ4n) is 1.38. The quantitative estimate of drug-likeness (QED) is 0.475. The third-order valence-corrected chi connectivity index (χ3v) is 1.77. The van der Waals surface area contributed by atoms with E-state index in [-0.39, 0.29) is 12.2 Å². The Morgan fingerprint density at radius 2 is 2.17 bits per heavy atom. The summed E-state index contributed by atoms with van der Waals surface area (Å²) in [6.07, 6.45) is 3.96. The smallest absolute Gasteiger partial charge is 0.0879 e. The Balaban J connectivity index is 4.15. The third kappa shape index (κ3) is 4.19. The summed E-state index contributed by atoms with van der Waals surface area (Å²) < 4.78 is 0. The van der Waals surface area contributed by atoms with Crippen LogP contribution in [0.2, 0.25) is 0 Å². The fourth-order valence-corrected chi connectivity index (χ4v) is 1.38. The zero-order valence-corrected chi connectivity index (χ0v) is 7.71. The van der Waals surface area contributed by atoms with E-state index in [0.29, 0.717) is 12.8 Å². The maximum Gasteiger partial charge on any atom is 0.0879 e. The molecular formula is C10H18O2. The molecule has 0 aliphatic carbocycles. The molecule has 0 heterocycles. The third-order valence-electron chi connectivity index (χ3n) is 1.77. The molecule has 0 saturated heterocycles. The summed E-state index contributed by atoms with van der Waals surface area (Å²) in [4.78, 5) is 0. The van der Waals surface area contributed by atoms with Crippen LogP contribution in [0.4, 0.5) is 0 Å². The molecule has 2 heteroatoms. The number of rotatable bonds is 6. The second-order valence-corrected chi connectivity index (χ2v) is 3.21. The van der Waals surface area contributed by atoms with Crippen LogP contribution < -0.4 is 0 Å². The van der Waals surface area contributed by atoms with Gasteiger partial charge in [0.25, 0.3) is 0 Å². The summed E-state index contributed by atoms with van der Waals surface area (Å²) in [7, 11) is 0. The Morgan fingerprint density at radius 3 is 2.50 bits per heavy atom. The highest BCUT2D eigenvalue weighted by Gasteiger charge is 2.24. The Labute approximate surface area is 74.2 Å². The first-order valence-corrected chi connectivity index (χ1v) is 4.24. The number of aliphatic hydroxyl groups is 2. The van der Waals surface area contributed by atoms with Crippen molar-refractivity contribution in [2.75, 3.05) is 0 Å². The molecule has 0 aliphatic rings. The van der Waals surface area contributed by atoms with Gasteiger partial charge in [-0.1, -0.05) is 26.0 Å². The number of hydrogen-bond donors (Lipinski definition) is 2. The predicted octanol–water partition coefficient (Wildman–Crippen LogP) is 2.56. The molecule has 0 bridgehead atoms. The van der Waals surface area contributed by atoms with E-state index in [2.05, 4.69) is 13.2 Å². The van der Waals surface area contributed by atoms with E-state index in [9.17, 15) is 5.11 Å². The predicted molar refractivity (Wildman–Crippen MR) is 51.1 cm³/mol. The monoisotopic (exact) mass is 170 g/mol. The molecule has 2 nitrogen and oxygen atoms in total. The summed E-state index contributed by atoms with van der Waals surface area (Å²) >= 11 is 0. The van der Waals surface area contributed by atoms with E-state index in [1.54, 1.807) is 6.08 Å². The van der Waals surface area contributed by atoms with Crippen LogP contribution in [0.3, 0.4) is 0 Å². The second-order valence-electron chi connectivity index (χ2n) is 3.21. The van der Waals surface area contributed by atoms with Gasteiger partial charge < -0.3 is 10.2 Å². The summed E-state index contributed by atoms with van der Waals surface area (Å²) in [5.74, 6) is 0.0350. The van der Waals surface area contributed by atoms with Crippen LogP contribution in [0.25, 0.3) is 0 Å². The van der Waals surface area contributed by atoms with Gasteiger partial charge in [-0.15, -0.1) is 6.58 Å². The van der Waals surface area contributed by atoms with E-state index in [1.807, 2.05) is 6.92 Å². The van der Waals surface area contributed by atoms with Gasteiger partial charge in [-0.25, -0.2) is 0 Å².